The summed E-state index contributed by atoms with van der Waals surface area (Å²) in [4.78, 5) is 30.3. The summed E-state index contributed by atoms with van der Waals surface area (Å²) >= 11 is 0. The third-order valence-electron chi connectivity index (χ3n) is 6.39. The molecule has 0 bridgehead atoms. The number of amides is 1. The van der Waals surface area contributed by atoms with Crippen LogP contribution in [0.4, 0.5) is 10.6 Å². The first-order valence-electron chi connectivity index (χ1n) is 12.9. The molecule has 3 N–H and O–H groups in total. The zero-order valence-electron chi connectivity index (χ0n) is 22.7. The summed E-state index contributed by atoms with van der Waals surface area (Å²) < 4.78 is 16.7. The smallest absolute Gasteiger partial charge is 0.410 e. The van der Waals surface area contributed by atoms with Crippen molar-refractivity contribution in [3.05, 3.63) is 77.5 Å². The number of pyridine rings is 1. The molecule has 39 heavy (non-hydrogen) atoms. The Bertz CT molecular complexity index is 1300. The van der Waals surface area contributed by atoms with Gasteiger partial charge in [-0.15, -0.1) is 0 Å². The Morgan fingerprint density at radius 1 is 1.13 bits per heavy atom. The molecule has 2 aromatic carbocycles. The number of fused-ring (bicyclic) bond motifs is 1. The number of nitrogens with zero attached hydrogens (tertiary/aromatic N) is 2. The molecule has 1 aromatic heterocycles. The molecule has 1 aliphatic rings. The van der Waals surface area contributed by atoms with Crippen LogP contribution in [0.5, 0.6) is 5.75 Å². The number of rotatable bonds is 7. The minimum atomic E-state index is -0.963. The van der Waals surface area contributed by atoms with Crippen molar-refractivity contribution in [3.63, 3.8) is 0 Å². The second kappa shape index (κ2) is 11.7. The van der Waals surface area contributed by atoms with Crippen LogP contribution in [0, 0.1) is 0 Å². The van der Waals surface area contributed by atoms with Crippen molar-refractivity contribution in [1.29, 1.82) is 0 Å². The van der Waals surface area contributed by atoms with Crippen LogP contribution in [0.3, 0.4) is 0 Å². The number of benzene rings is 2. The largest absolute Gasteiger partial charge is 0.488 e. The lowest BCUT2D eigenvalue weighted by molar-refractivity contribution is 0.00365. The van der Waals surface area contributed by atoms with E-state index in [4.69, 9.17) is 19.9 Å². The lowest BCUT2D eigenvalue weighted by Crippen LogP contribution is -2.45. The van der Waals surface area contributed by atoms with E-state index in [1.54, 1.807) is 45.0 Å². The van der Waals surface area contributed by atoms with Gasteiger partial charge in [-0.3, -0.25) is 0 Å². The monoisotopic (exact) mass is 533 g/mol. The molecule has 206 valence electrons. The number of methoxy groups -OCH3 is 1. The molecule has 3 aromatic rings. The van der Waals surface area contributed by atoms with Gasteiger partial charge < -0.3 is 30.0 Å². The topological polar surface area (TPSA) is 124 Å². The normalized spacial score (nSPS) is 15.5. The van der Waals surface area contributed by atoms with Gasteiger partial charge in [-0.2, -0.15) is 0 Å². The molecule has 0 saturated heterocycles. The zero-order valence-corrected chi connectivity index (χ0v) is 22.7. The van der Waals surface area contributed by atoms with Crippen LogP contribution in [0.15, 0.2) is 60.8 Å². The van der Waals surface area contributed by atoms with E-state index < -0.39 is 17.8 Å². The summed E-state index contributed by atoms with van der Waals surface area (Å²) in [5, 5.41) is 10.8. The van der Waals surface area contributed by atoms with Gasteiger partial charge in [0.25, 0.3) is 0 Å². The van der Waals surface area contributed by atoms with E-state index in [2.05, 4.69) is 11.1 Å². The summed E-state index contributed by atoms with van der Waals surface area (Å²) in [5.74, 6) is 0.740. The van der Waals surface area contributed by atoms with Gasteiger partial charge in [0, 0.05) is 11.8 Å². The van der Waals surface area contributed by atoms with E-state index in [-0.39, 0.29) is 25.2 Å². The Morgan fingerprint density at radius 3 is 2.49 bits per heavy atom. The van der Waals surface area contributed by atoms with Gasteiger partial charge in [-0.05, 0) is 80.6 Å². The fraction of sp³-hybridized carbons (Fsp3) is 0.367. The number of ether oxygens (including phenoxy) is 3. The first-order chi connectivity index (χ1) is 18.5. The molecule has 0 radical (unpaired) electrons. The van der Waals surface area contributed by atoms with Crippen LogP contribution in [0.1, 0.15) is 54.8 Å². The van der Waals surface area contributed by atoms with E-state index in [1.165, 1.54) is 18.2 Å². The number of aliphatic hydroxyl groups excluding tert-OH is 1. The van der Waals surface area contributed by atoms with Crippen molar-refractivity contribution < 1.29 is 28.9 Å². The van der Waals surface area contributed by atoms with E-state index in [0.717, 1.165) is 28.9 Å². The average molecular weight is 534 g/mol. The summed E-state index contributed by atoms with van der Waals surface area (Å²) in [5.41, 5.74) is 9.09. The SMILES string of the molecule is COC(=O)c1ccc(-c2ccc3c(c2)CC[C@H](CN(C[C@H](O)c2ccc(N)nc2)C(=O)OC(C)(C)C)O3)cc1. The van der Waals surface area contributed by atoms with Crippen molar-refractivity contribution in [2.45, 2.75) is 51.4 Å². The van der Waals surface area contributed by atoms with Crippen LogP contribution < -0.4 is 10.5 Å². The first-order valence-corrected chi connectivity index (χ1v) is 12.9. The molecule has 0 spiro atoms. The molecule has 9 nitrogen and oxygen atoms in total. The number of nitrogen functional groups attached to an aromatic ring is 1. The molecule has 4 rings (SSSR count). The van der Waals surface area contributed by atoms with Gasteiger partial charge in [-0.25, -0.2) is 14.6 Å². The van der Waals surface area contributed by atoms with Crippen molar-refractivity contribution >= 4 is 17.9 Å². The Hall–Kier alpha value is -4.11. The maximum absolute atomic E-state index is 13.1. The Morgan fingerprint density at radius 2 is 1.85 bits per heavy atom. The van der Waals surface area contributed by atoms with Gasteiger partial charge in [0.15, 0.2) is 0 Å². The standard InChI is InChI=1S/C30H35N3O6/c1-30(2,3)39-29(36)33(18-25(34)23-11-14-27(31)32-16-23)17-24-12-9-22-15-21(10-13-26(22)38-24)19-5-7-20(8-6-19)28(35)37-4/h5-8,10-11,13-16,24-25,34H,9,12,17-18H2,1-4H3,(H2,31,32)/t24-,25+/m1/s1. The van der Waals surface area contributed by atoms with Gasteiger partial charge in [0.1, 0.15) is 23.3 Å². The Kier molecular flexibility index (Phi) is 8.40. The third kappa shape index (κ3) is 7.26. The first kappa shape index (κ1) is 27.9. The number of esters is 1. The minimum absolute atomic E-state index is 0.0216. The zero-order chi connectivity index (χ0) is 28.2. The number of hydrogen-bond acceptors (Lipinski definition) is 8. The van der Waals surface area contributed by atoms with Gasteiger partial charge in [0.2, 0.25) is 0 Å². The molecule has 1 amide bonds. The predicted molar refractivity (Wildman–Crippen MR) is 147 cm³/mol. The Balaban J connectivity index is 1.46. The van der Waals surface area contributed by atoms with Crippen LogP contribution in [-0.2, 0) is 15.9 Å². The second-order valence-corrected chi connectivity index (χ2v) is 10.6. The van der Waals surface area contributed by atoms with Crippen molar-refractivity contribution in [1.82, 2.24) is 9.88 Å². The molecular formula is C30H35N3O6. The highest BCUT2D eigenvalue weighted by Gasteiger charge is 2.29. The molecule has 2 atom stereocenters. The van der Waals surface area contributed by atoms with E-state index in [0.29, 0.717) is 23.4 Å². The Labute approximate surface area is 228 Å². The number of nitrogens with two attached hydrogens (primary N) is 1. The lowest BCUT2D eigenvalue weighted by atomic mass is 9.96. The fourth-order valence-corrected chi connectivity index (χ4v) is 4.39. The number of carbonyl (C=O) groups is 2. The van der Waals surface area contributed by atoms with Crippen molar-refractivity contribution in [2.75, 3.05) is 25.9 Å². The highest BCUT2D eigenvalue weighted by molar-refractivity contribution is 5.90. The average Bonchev–Trinajstić information content (AvgIpc) is 2.91. The summed E-state index contributed by atoms with van der Waals surface area (Å²) in [6, 6.07) is 16.5. The van der Waals surface area contributed by atoms with E-state index in [9.17, 15) is 14.7 Å². The second-order valence-electron chi connectivity index (χ2n) is 10.6. The summed E-state index contributed by atoms with van der Waals surface area (Å²) in [6.45, 7) is 5.68. The molecule has 0 fully saturated rings. The van der Waals surface area contributed by atoms with Crippen LogP contribution in [-0.4, -0.2) is 59.0 Å². The molecule has 9 heteroatoms. The highest BCUT2D eigenvalue weighted by atomic mass is 16.6. The van der Waals surface area contributed by atoms with Gasteiger partial charge >= 0.3 is 12.1 Å². The minimum Gasteiger partial charge on any atom is -0.488 e. The molecule has 0 aliphatic carbocycles. The maximum atomic E-state index is 13.1. The highest BCUT2D eigenvalue weighted by Crippen LogP contribution is 2.33. The number of anilines is 1. The number of hydrogen-bond donors (Lipinski definition) is 2. The number of aryl methyl sites for hydroxylation is 1. The summed E-state index contributed by atoms with van der Waals surface area (Å²) in [6.07, 6.45) is 1.20. The lowest BCUT2D eigenvalue weighted by Gasteiger charge is -2.33. The maximum Gasteiger partial charge on any atom is 0.410 e. The number of aliphatic hydroxyl groups is 1. The van der Waals surface area contributed by atoms with Gasteiger partial charge in [-0.1, -0.05) is 24.3 Å². The molecule has 1 aliphatic heterocycles. The third-order valence-corrected chi connectivity index (χ3v) is 6.39. The van der Waals surface area contributed by atoms with Crippen LogP contribution in [0.25, 0.3) is 11.1 Å². The van der Waals surface area contributed by atoms with E-state index in [1.807, 2.05) is 24.3 Å². The molecule has 0 saturated carbocycles. The number of carbonyl (C=O) groups excluding carboxylic acids is 2. The van der Waals surface area contributed by atoms with Crippen LogP contribution >= 0.6 is 0 Å². The quantitative estimate of drug-likeness (QED) is 0.416. The molecule has 2 heterocycles. The fourth-order valence-electron chi connectivity index (χ4n) is 4.39. The molecule has 0 unspecified atom stereocenters. The predicted octanol–water partition coefficient (Wildman–Crippen LogP) is 4.78. The van der Waals surface area contributed by atoms with Crippen molar-refractivity contribution in [2.24, 2.45) is 0 Å². The van der Waals surface area contributed by atoms with E-state index >= 15 is 0 Å². The van der Waals surface area contributed by atoms with Crippen molar-refractivity contribution in [3.8, 4) is 16.9 Å². The number of aromatic nitrogens is 1. The van der Waals surface area contributed by atoms with Crippen LogP contribution in [0.2, 0.25) is 0 Å². The summed E-state index contributed by atoms with van der Waals surface area (Å²) in [7, 11) is 1.36. The van der Waals surface area contributed by atoms with Gasteiger partial charge in [0.05, 0.1) is 31.9 Å². The molecular weight excluding hydrogens is 498 g/mol.